The van der Waals surface area contributed by atoms with Gasteiger partial charge in [0.05, 0.1) is 0 Å². The number of nitrogen functional groups attached to an aromatic ring is 1. The molecule has 0 atom stereocenters. The summed E-state index contributed by atoms with van der Waals surface area (Å²) in [4.78, 5) is 0. The summed E-state index contributed by atoms with van der Waals surface area (Å²) in [5.74, 6) is 1.34. The van der Waals surface area contributed by atoms with Crippen molar-refractivity contribution in [2.24, 2.45) is 5.41 Å². The number of hydrogen-bond acceptors (Lipinski definition) is 1. The summed E-state index contributed by atoms with van der Waals surface area (Å²) in [7, 11) is 0. The van der Waals surface area contributed by atoms with Gasteiger partial charge in [0.1, 0.15) is 0 Å². The lowest BCUT2D eigenvalue weighted by Gasteiger charge is -2.27. The first-order chi connectivity index (χ1) is 5.93. The molecule has 0 amide bonds. The second kappa shape index (κ2) is 3.41. The Morgan fingerprint density at radius 1 is 1.15 bits per heavy atom. The Morgan fingerprint density at radius 3 is 2.15 bits per heavy atom. The average molecular weight is 176 g/mol. The molecule has 1 nitrogen and oxygen atoms in total. The maximum Gasteiger partial charge on any atom is 0.0352 e. The van der Waals surface area contributed by atoms with E-state index in [1.165, 1.54) is 11.5 Å². The molecule has 2 N–H and O–H groups in total. The molecule has 0 aromatic heterocycles. The molecule has 1 aromatic rings. The first-order valence-electron chi connectivity index (χ1n) is 4.62. The molecule has 0 heterocycles. The van der Waals surface area contributed by atoms with E-state index in [0.29, 0.717) is 0 Å². The highest BCUT2D eigenvalue weighted by Gasteiger charge is 2.23. The van der Waals surface area contributed by atoms with Crippen molar-refractivity contribution in [3.63, 3.8) is 0 Å². The first-order valence-corrected chi connectivity index (χ1v) is 4.62. The fourth-order valence-electron chi connectivity index (χ4n) is 1.24. The summed E-state index contributed by atoms with van der Waals surface area (Å²) in [6.07, 6.45) is 0. The van der Waals surface area contributed by atoms with Gasteiger partial charge < -0.3 is 5.73 Å². The molecule has 1 aromatic carbocycles. The Hall–Kier alpha value is -0.980. The number of benzene rings is 1. The molecule has 0 saturated heterocycles. The Kier molecular flexibility index (Phi) is 2.65. The van der Waals surface area contributed by atoms with E-state index in [0.717, 1.165) is 5.69 Å². The summed E-state index contributed by atoms with van der Waals surface area (Å²) >= 11 is 0. The maximum atomic E-state index is 5.90. The van der Waals surface area contributed by atoms with Gasteiger partial charge in [-0.1, -0.05) is 45.9 Å². The van der Waals surface area contributed by atoms with Crippen molar-refractivity contribution in [3.8, 4) is 0 Å². The third-order valence-electron chi connectivity index (χ3n) is 2.49. The standard InChI is InChI=1S/C12H18N/c1-9(12(2,3)4)10-7-5-6-8-11(10)13/h5-8H,13H2,1-4H3. The number of rotatable bonds is 1. The van der Waals surface area contributed by atoms with Crippen LogP contribution in [0.5, 0.6) is 0 Å². The van der Waals surface area contributed by atoms with Crippen molar-refractivity contribution >= 4 is 5.69 Å². The van der Waals surface area contributed by atoms with E-state index in [-0.39, 0.29) is 5.41 Å². The highest BCUT2D eigenvalue weighted by atomic mass is 14.6. The van der Waals surface area contributed by atoms with Crippen LogP contribution in [0.2, 0.25) is 0 Å². The van der Waals surface area contributed by atoms with E-state index in [1.54, 1.807) is 0 Å². The second-order valence-electron chi connectivity index (χ2n) is 4.46. The fraction of sp³-hybridized carbons (Fsp3) is 0.417. The van der Waals surface area contributed by atoms with Crippen LogP contribution >= 0.6 is 0 Å². The van der Waals surface area contributed by atoms with Gasteiger partial charge in [-0.3, -0.25) is 0 Å². The monoisotopic (exact) mass is 176 g/mol. The summed E-state index contributed by atoms with van der Waals surface area (Å²) in [5.41, 5.74) is 8.13. The summed E-state index contributed by atoms with van der Waals surface area (Å²) in [6.45, 7) is 8.75. The minimum absolute atomic E-state index is 0.190. The van der Waals surface area contributed by atoms with Gasteiger partial charge in [0.15, 0.2) is 0 Å². The molecule has 71 valence electrons. The van der Waals surface area contributed by atoms with Gasteiger partial charge in [-0.2, -0.15) is 0 Å². The molecule has 0 spiro atoms. The number of hydrogen-bond donors (Lipinski definition) is 1. The maximum absolute atomic E-state index is 5.90. The Labute approximate surface area is 81.0 Å². The zero-order chi connectivity index (χ0) is 10.1. The molecule has 1 rings (SSSR count). The minimum atomic E-state index is 0.190. The van der Waals surface area contributed by atoms with Gasteiger partial charge in [0.2, 0.25) is 0 Å². The summed E-state index contributed by atoms with van der Waals surface area (Å²) < 4.78 is 0. The highest BCUT2D eigenvalue weighted by Crippen LogP contribution is 2.35. The second-order valence-corrected chi connectivity index (χ2v) is 4.46. The highest BCUT2D eigenvalue weighted by molar-refractivity contribution is 5.54. The zero-order valence-electron chi connectivity index (χ0n) is 8.89. The van der Waals surface area contributed by atoms with Crippen molar-refractivity contribution in [1.82, 2.24) is 0 Å². The van der Waals surface area contributed by atoms with Crippen LogP contribution in [0.1, 0.15) is 33.3 Å². The predicted molar refractivity (Wildman–Crippen MR) is 58.3 cm³/mol. The molecule has 0 aliphatic carbocycles. The van der Waals surface area contributed by atoms with Crippen LogP contribution in [0.3, 0.4) is 0 Å². The van der Waals surface area contributed by atoms with Crippen LogP contribution in [-0.2, 0) is 0 Å². The van der Waals surface area contributed by atoms with Crippen molar-refractivity contribution < 1.29 is 0 Å². The Bertz CT molecular complexity index is 283. The van der Waals surface area contributed by atoms with E-state index in [9.17, 15) is 0 Å². The molecule has 0 unspecified atom stereocenters. The molecule has 0 bridgehead atoms. The van der Waals surface area contributed by atoms with E-state index in [2.05, 4.69) is 33.8 Å². The average Bonchev–Trinajstić information content (AvgIpc) is 2.02. The van der Waals surface area contributed by atoms with Gasteiger partial charge in [-0.25, -0.2) is 0 Å². The molecule has 0 aliphatic rings. The van der Waals surface area contributed by atoms with Crippen molar-refractivity contribution in [3.05, 3.63) is 35.7 Å². The molecule has 0 saturated carbocycles. The Morgan fingerprint density at radius 2 is 1.69 bits per heavy atom. The molecule has 0 aliphatic heterocycles. The van der Waals surface area contributed by atoms with Crippen LogP contribution in [-0.4, -0.2) is 0 Å². The smallest absolute Gasteiger partial charge is 0.0352 e. The quantitative estimate of drug-likeness (QED) is 0.653. The number of anilines is 1. The molecule has 1 radical (unpaired) electrons. The minimum Gasteiger partial charge on any atom is -0.398 e. The topological polar surface area (TPSA) is 26.0 Å². The zero-order valence-corrected chi connectivity index (χ0v) is 8.89. The molecule has 0 fully saturated rings. The lowest BCUT2D eigenvalue weighted by molar-refractivity contribution is 0.451. The van der Waals surface area contributed by atoms with E-state index < -0.39 is 0 Å². The van der Waals surface area contributed by atoms with Crippen LogP contribution < -0.4 is 5.73 Å². The molecule has 13 heavy (non-hydrogen) atoms. The third kappa shape index (κ3) is 2.24. The van der Waals surface area contributed by atoms with Gasteiger partial charge in [-0.05, 0) is 17.0 Å². The van der Waals surface area contributed by atoms with Crippen LogP contribution in [0, 0.1) is 11.3 Å². The number of nitrogens with two attached hydrogens (primary N) is 1. The van der Waals surface area contributed by atoms with E-state index >= 15 is 0 Å². The van der Waals surface area contributed by atoms with Crippen molar-refractivity contribution in [2.75, 3.05) is 5.73 Å². The van der Waals surface area contributed by atoms with Gasteiger partial charge in [-0.15, -0.1) is 0 Å². The molecule has 1 heteroatoms. The predicted octanol–water partition coefficient (Wildman–Crippen LogP) is 3.26. The van der Waals surface area contributed by atoms with Crippen LogP contribution in [0.25, 0.3) is 0 Å². The van der Waals surface area contributed by atoms with E-state index in [4.69, 9.17) is 5.73 Å². The van der Waals surface area contributed by atoms with Gasteiger partial charge in [0.25, 0.3) is 0 Å². The third-order valence-corrected chi connectivity index (χ3v) is 2.49. The van der Waals surface area contributed by atoms with Crippen molar-refractivity contribution in [1.29, 1.82) is 0 Å². The lowest BCUT2D eigenvalue weighted by Crippen LogP contribution is -2.17. The summed E-state index contributed by atoms with van der Waals surface area (Å²) in [5, 5.41) is 0. The summed E-state index contributed by atoms with van der Waals surface area (Å²) in [6, 6.07) is 8.02. The van der Waals surface area contributed by atoms with Gasteiger partial charge in [0, 0.05) is 11.6 Å². The normalized spacial score (nSPS) is 12.1. The van der Waals surface area contributed by atoms with Crippen LogP contribution in [0.15, 0.2) is 24.3 Å². The fourth-order valence-corrected chi connectivity index (χ4v) is 1.24. The largest absolute Gasteiger partial charge is 0.398 e. The SMILES string of the molecule is C[C](c1ccccc1N)C(C)(C)C. The lowest BCUT2D eigenvalue weighted by atomic mass is 9.77. The molecular weight excluding hydrogens is 158 g/mol. The van der Waals surface area contributed by atoms with E-state index in [1.807, 2.05) is 18.2 Å². The Balaban J connectivity index is 3.02. The van der Waals surface area contributed by atoms with Crippen molar-refractivity contribution in [2.45, 2.75) is 27.7 Å². The van der Waals surface area contributed by atoms with Crippen LogP contribution in [0.4, 0.5) is 5.69 Å². The first kappa shape index (κ1) is 10.1. The molecular formula is C12H18N. The number of para-hydroxylation sites is 1. The van der Waals surface area contributed by atoms with Gasteiger partial charge >= 0.3 is 0 Å².